The Labute approximate surface area is 165 Å². The SMILES string of the molecule is O=C(NC1CCCN(c2ncccn2)C1)c1ccccc1Cc1ccccc1. The highest BCUT2D eigenvalue weighted by Gasteiger charge is 2.24. The molecule has 1 aliphatic rings. The Morgan fingerprint density at radius 2 is 1.75 bits per heavy atom. The lowest BCUT2D eigenvalue weighted by atomic mass is 9.98. The summed E-state index contributed by atoms with van der Waals surface area (Å²) in [5.41, 5.74) is 3.00. The summed E-state index contributed by atoms with van der Waals surface area (Å²) in [6.07, 6.45) is 6.23. The third kappa shape index (κ3) is 4.36. The predicted octanol–water partition coefficient (Wildman–Crippen LogP) is 3.47. The number of carbonyl (C=O) groups excluding carboxylic acids is 1. The molecule has 0 saturated carbocycles. The van der Waals surface area contributed by atoms with Crippen LogP contribution >= 0.6 is 0 Å². The van der Waals surface area contributed by atoms with Crippen LogP contribution in [0.25, 0.3) is 0 Å². The lowest BCUT2D eigenvalue weighted by molar-refractivity contribution is 0.0932. The minimum Gasteiger partial charge on any atom is -0.348 e. The highest BCUT2D eigenvalue weighted by molar-refractivity contribution is 5.96. The molecular weight excluding hydrogens is 348 g/mol. The molecule has 0 radical (unpaired) electrons. The van der Waals surface area contributed by atoms with Gasteiger partial charge in [-0.1, -0.05) is 48.5 Å². The summed E-state index contributed by atoms with van der Waals surface area (Å²) in [6.45, 7) is 1.65. The van der Waals surface area contributed by atoms with E-state index in [-0.39, 0.29) is 11.9 Å². The first kappa shape index (κ1) is 18.2. The van der Waals surface area contributed by atoms with Gasteiger partial charge in [-0.05, 0) is 42.5 Å². The second-order valence-corrected chi connectivity index (χ2v) is 7.13. The number of nitrogens with one attached hydrogen (secondary N) is 1. The van der Waals surface area contributed by atoms with Crippen molar-refractivity contribution >= 4 is 11.9 Å². The van der Waals surface area contributed by atoms with Crippen LogP contribution in [0.5, 0.6) is 0 Å². The van der Waals surface area contributed by atoms with Gasteiger partial charge in [0.15, 0.2) is 0 Å². The molecule has 1 saturated heterocycles. The number of aromatic nitrogens is 2. The summed E-state index contributed by atoms with van der Waals surface area (Å²) >= 11 is 0. The molecule has 1 N–H and O–H groups in total. The van der Waals surface area contributed by atoms with Crippen molar-refractivity contribution in [2.45, 2.75) is 25.3 Å². The number of amides is 1. The lowest BCUT2D eigenvalue weighted by Crippen LogP contribution is -2.48. The molecule has 1 unspecified atom stereocenters. The molecule has 0 bridgehead atoms. The molecule has 0 aliphatic carbocycles. The van der Waals surface area contributed by atoms with Crippen LogP contribution in [0.2, 0.25) is 0 Å². The molecule has 28 heavy (non-hydrogen) atoms. The Hall–Kier alpha value is -3.21. The Kier molecular flexibility index (Phi) is 5.61. The van der Waals surface area contributed by atoms with E-state index in [9.17, 15) is 4.79 Å². The molecule has 1 fully saturated rings. The normalized spacial score (nSPS) is 16.6. The zero-order valence-electron chi connectivity index (χ0n) is 15.8. The molecule has 142 valence electrons. The fourth-order valence-electron chi connectivity index (χ4n) is 3.71. The minimum absolute atomic E-state index is 0.00707. The number of hydrogen-bond donors (Lipinski definition) is 1. The first-order chi connectivity index (χ1) is 13.8. The molecule has 1 aliphatic heterocycles. The van der Waals surface area contributed by atoms with E-state index in [0.717, 1.165) is 49.4 Å². The Morgan fingerprint density at radius 1 is 1.00 bits per heavy atom. The monoisotopic (exact) mass is 372 g/mol. The van der Waals surface area contributed by atoms with Crippen LogP contribution in [0.4, 0.5) is 5.95 Å². The second kappa shape index (κ2) is 8.65. The molecule has 3 aromatic rings. The van der Waals surface area contributed by atoms with Crippen molar-refractivity contribution in [3.63, 3.8) is 0 Å². The van der Waals surface area contributed by atoms with Gasteiger partial charge in [-0.15, -0.1) is 0 Å². The molecule has 5 nitrogen and oxygen atoms in total. The molecule has 1 aromatic heterocycles. The van der Waals surface area contributed by atoms with E-state index in [1.807, 2.05) is 48.5 Å². The molecule has 2 heterocycles. The number of anilines is 1. The summed E-state index contributed by atoms with van der Waals surface area (Å²) in [6, 6.07) is 20.0. The Bertz CT molecular complexity index is 914. The topological polar surface area (TPSA) is 58.1 Å². The van der Waals surface area contributed by atoms with E-state index in [0.29, 0.717) is 0 Å². The predicted molar refractivity (Wildman–Crippen MR) is 110 cm³/mol. The molecule has 0 spiro atoms. The van der Waals surface area contributed by atoms with E-state index in [4.69, 9.17) is 0 Å². The Morgan fingerprint density at radius 3 is 2.57 bits per heavy atom. The third-order valence-corrected chi connectivity index (χ3v) is 5.09. The van der Waals surface area contributed by atoms with Gasteiger partial charge in [0.05, 0.1) is 0 Å². The van der Waals surface area contributed by atoms with Gasteiger partial charge >= 0.3 is 0 Å². The maximum absolute atomic E-state index is 13.0. The molecule has 5 heteroatoms. The van der Waals surface area contributed by atoms with Crippen molar-refractivity contribution in [3.05, 3.63) is 89.7 Å². The van der Waals surface area contributed by atoms with Crippen LogP contribution in [0.15, 0.2) is 73.1 Å². The molecule has 1 atom stereocenters. The van der Waals surface area contributed by atoms with Gasteiger partial charge in [0.1, 0.15) is 0 Å². The largest absolute Gasteiger partial charge is 0.348 e. The zero-order valence-corrected chi connectivity index (χ0v) is 15.8. The van der Waals surface area contributed by atoms with Gasteiger partial charge in [0.25, 0.3) is 5.91 Å². The van der Waals surface area contributed by atoms with Crippen molar-refractivity contribution in [1.82, 2.24) is 15.3 Å². The first-order valence-electron chi connectivity index (χ1n) is 9.74. The highest BCUT2D eigenvalue weighted by atomic mass is 16.1. The molecule has 2 aromatic carbocycles. The van der Waals surface area contributed by atoms with Crippen LogP contribution in [-0.2, 0) is 6.42 Å². The van der Waals surface area contributed by atoms with Gasteiger partial charge in [-0.3, -0.25) is 4.79 Å². The minimum atomic E-state index is -0.00707. The number of piperidine rings is 1. The summed E-state index contributed by atoms with van der Waals surface area (Å²) in [5.74, 6) is 0.721. The van der Waals surface area contributed by atoms with E-state index < -0.39 is 0 Å². The van der Waals surface area contributed by atoms with Crippen LogP contribution < -0.4 is 10.2 Å². The van der Waals surface area contributed by atoms with E-state index in [1.54, 1.807) is 12.4 Å². The lowest BCUT2D eigenvalue weighted by Gasteiger charge is -2.33. The van der Waals surface area contributed by atoms with E-state index in [1.165, 1.54) is 5.56 Å². The average Bonchev–Trinajstić information content (AvgIpc) is 2.76. The standard InChI is InChI=1S/C23H24N4O/c28-22(21-12-5-4-10-19(21)16-18-8-2-1-3-9-18)26-20-11-6-15-27(17-20)23-24-13-7-14-25-23/h1-5,7-10,12-14,20H,6,11,15-17H2,(H,26,28). The van der Waals surface area contributed by atoms with Gasteiger partial charge < -0.3 is 10.2 Å². The quantitative estimate of drug-likeness (QED) is 0.745. The first-order valence-corrected chi connectivity index (χ1v) is 9.74. The van der Waals surface area contributed by atoms with Gasteiger partial charge in [0.2, 0.25) is 5.95 Å². The van der Waals surface area contributed by atoms with Gasteiger partial charge in [0, 0.05) is 37.1 Å². The number of nitrogens with zero attached hydrogens (tertiary/aromatic N) is 3. The van der Waals surface area contributed by atoms with Crippen LogP contribution in [-0.4, -0.2) is 35.0 Å². The van der Waals surface area contributed by atoms with Crippen molar-refractivity contribution in [2.75, 3.05) is 18.0 Å². The zero-order chi connectivity index (χ0) is 19.2. The fraction of sp³-hybridized carbons (Fsp3) is 0.261. The van der Waals surface area contributed by atoms with Crippen LogP contribution in [0.1, 0.15) is 34.3 Å². The second-order valence-electron chi connectivity index (χ2n) is 7.13. The molecule has 1 amide bonds. The smallest absolute Gasteiger partial charge is 0.251 e. The number of rotatable bonds is 5. The van der Waals surface area contributed by atoms with Crippen molar-refractivity contribution in [1.29, 1.82) is 0 Å². The fourth-order valence-corrected chi connectivity index (χ4v) is 3.71. The van der Waals surface area contributed by atoms with Crippen molar-refractivity contribution in [2.24, 2.45) is 0 Å². The maximum Gasteiger partial charge on any atom is 0.251 e. The van der Waals surface area contributed by atoms with Crippen molar-refractivity contribution < 1.29 is 4.79 Å². The Balaban J connectivity index is 1.45. The van der Waals surface area contributed by atoms with Gasteiger partial charge in [-0.25, -0.2) is 9.97 Å². The van der Waals surface area contributed by atoms with Crippen LogP contribution in [0.3, 0.4) is 0 Å². The van der Waals surface area contributed by atoms with Crippen molar-refractivity contribution in [3.8, 4) is 0 Å². The summed E-state index contributed by atoms with van der Waals surface area (Å²) in [7, 11) is 0. The van der Waals surface area contributed by atoms with Gasteiger partial charge in [-0.2, -0.15) is 0 Å². The summed E-state index contributed by atoms with van der Waals surface area (Å²) < 4.78 is 0. The number of benzene rings is 2. The summed E-state index contributed by atoms with van der Waals surface area (Å²) in [5, 5.41) is 3.22. The average molecular weight is 372 g/mol. The third-order valence-electron chi connectivity index (χ3n) is 5.09. The van der Waals surface area contributed by atoms with Crippen LogP contribution in [0, 0.1) is 0 Å². The summed E-state index contributed by atoms with van der Waals surface area (Å²) in [4.78, 5) is 23.8. The highest BCUT2D eigenvalue weighted by Crippen LogP contribution is 2.18. The van der Waals surface area contributed by atoms with E-state index in [2.05, 4.69) is 32.3 Å². The van der Waals surface area contributed by atoms with E-state index >= 15 is 0 Å². The molecule has 4 rings (SSSR count). The molecular formula is C23H24N4O. The maximum atomic E-state index is 13.0. The number of hydrogen-bond acceptors (Lipinski definition) is 4. The number of carbonyl (C=O) groups is 1.